The largest absolute Gasteiger partial charge is 0.444 e. The second-order valence-electron chi connectivity index (χ2n) is 13.3. The molecule has 7 rings (SSSR count). The molecule has 18 nitrogen and oxygen atoms in total. The van der Waals surface area contributed by atoms with Gasteiger partial charge in [0.15, 0.2) is 11.4 Å². The van der Waals surface area contributed by atoms with E-state index in [1.54, 1.807) is 42.2 Å². The first-order valence-corrected chi connectivity index (χ1v) is 18.2. The van der Waals surface area contributed by atoms with E-state index in [1.165, 1.54) is 23.1 Å². The van der Waals surface area contributed by atoms with E-state index < -0.39 is 47.7 Å². The van der Waals surface area contributed by atoms with Crippen molar-refractivity contribution < 1.29 is 46.6 Å². The maximum absolute atomic E-state index is 13.9. The Morgan fingerprint density at radius 2 is 1.74 bits per heavy atom. The fourth-order valence-electron chi connectivity index (χ4n) is 6.32. The van der Waals surface area contributed by atoms with Crippen molar-refractivity contribution in [1.29, 1.82) is 0 Å². The molecule has 0 saturated carbocycles. The number of alkyl halides is 2. The summed E-state index contributed by atoms with van der Waals surface area (Å²) < 4.78 is 47.2. The number of carbonyl (C=O) groups excluding carboxylic acids is 5. The Labute approximate surface area is 328 Å². The monoisotopic (exact) mass is 800 g/mol. The number of benzene rings is 2. The van der Waals surface area contributed by atoms with Crippen molar-refractivity contribution >= 4 is 40.9 Å². The molecule has 3 aromatic heterocycles. The third kappa shape index (κ3) is 8.98. The lowest BCUT2D eigenvalue weighted by Crippen LogP contribution is -2.54. The minimum absolute atomic E-state index is 0.0538. The zero-order valence-corrected chi connectivity index (χ0v) is 31.1. The van der Waals surface area contributed by atoms with Crippen LogP contribution in [0.25, 0.3) is 17.1 Å². The number of aromatic nitrogens is 5. The molecule has 58 heavy (non-hydrogen) atoms. The number of hydrogen-bond acceptors (Lipinski definition) is 13. The van der Waals surface area contributed by atoms with Gasteiger partial charge in [0.25, 0.3) is 24.1 Å². The van der Waals surface area contributed by atoms with Gasteiger partial charge in [-0.05, 0) is 42.3 Å². The highest BCUT2D eigenvalue weighted by Crippen LogP contribution is 2.30. The fourth-order valence-corrected chi connectivity index (χ4v) is 6.32. The lowest BCUT2D eigenvalue weighted by Gasteiger charge is -2.27. The molecule has 0 radical (unpaired) electrons. The zero-order valence-electron chi connectivity index (χ0n) is 31.1. The number of carbonyl (C=O) groups is 5. The molecule has 5 aromatic rings. The SMILES string of the molecule is Cn1cc(-c2nc(C(=O)Nc3cn(-c4ccc(CNCCOCCOCCNc5ccc6c(c5)C(=O)N(C5CCC(=O)NC5=O)C6=O)cc4)nc3C(F)F)co2)cn1. The highest BCUT2D eigenvalue weighted by atomic mass is 19.3. The highest BCUT2D eigenvalue weighted by Gasteiger charge is 2.44. The summed E-state index contributed by atoms with van der Waals surface area (Å²) in [5, 5.41) is 19.1. The van der Waals surface area contributed by atoms with E-state index in [-0.39, 0.29) is 41.2 Å². The molecular formula is C38H38F2N10O8. The lowest BCUT2D eigenvalue weighted by atomic mass is 10.0. The Morgan fingerprint density at radius 1 is 0.983 bits per heavy atom. The lowest BCUT2D eigenvalue weighted by molar-refractivity contribution is -0.136. The van der Waals surface area contributed by atoms with Crippen LogP contribution >= 0.6 is 0 Å². The standard InChI is InChI=1S/C38H38F2N10O8/c1-48-19-23(18-43-48)36-45-29(21-58-36)34(52)44-28-20-49(47-32(28)33(39)40)25-5-2-22(3-6-25)17-41-10-12-56-14-15-57-13-11-42-24-4-7-26-27(16-24)38(55)50(37(26)54)30-8-9-31(51)46-35(30)53/h2-7,16,18-21,30,33,41-42H,8-15,17H2,1H3,(H,44,52)(H,46,51,53). The minimum Gasteiger partial charge on any atom is -0.444 e. The Kier molecular flexibility index (Phi) is 12.1. The molecule has 2 aromatic carbocycles. The van der Waals surface area contributed by atoms with Gasteiger partial charge in [0.2, 0.25) is 17.7 Å². The van der Waals surface area contributed by atoms with Crippen LogP contribution in [0.15, 0.2) is 71.7 Å². The average Bonchev–Trinajstić information content (AvgIpc) is 4.01. The van der Waals surface area contributed by atoms with Crippen LogP contribution in [-0.4, -0.2) is 105 Å². The van der Waals surface area contributed by atoms with Crippen LogP contribution in [0.3, 0.4) is 0 Å². The van der Waals surface area contributed by atoms with Gasteiger partial charge in [0.05, 0.1) is 66.9 Å². The molecule has 2 aliphatic rings. The van der Waals surface area contributed by atoms with E-state index >= 15 is 0 Å². The number of piperidine rings is 1. The van der Waals surface area contributed by atoms with Crippen LogP contribution in [0.4, 0.5) is 20.2 Å². The van der Waals surface area contributed by atoms with E-state index in [1.807, 2.05) is 12.1 Å². The summed E-state index contributed by atoms with van der Waals surface area (Å²) in [6.07, 6.45) is 2.84. The maximum atomic E-state index is 13.9. The number of aryl methyl sites for hydroxylation is 1. The number of anilines is 2. The molecular weight excluding hydrogens is 762 g/mol. The van der Waals surface area contributed by atoms with Gasteiger partial charge >= 0.3 is 0 Å². The van der Waals surface area contributed by atoms with Crippen LogP contribution in [-0.2, 0) is 32.7 Å². The second-order valence-corrected chi connectivity index (χ2v) is 13.3. The number of oxazole rings is 1. The fraction of sp³-hybridized carbons (Fsp3) is 0.316. The smallest absolute Gasteiger partial charge is 0.284 e. The van der Waals surface area contributed by atoms with Crippen molar-refractivity contribution in [3.8, 4) is 17.1 Å². The molecule has 20 heteroatoms. The molecule has 0 bridgehead atoms. The van der Waals surface area contributed by atoms with E-state index in [0.29, 0.717) is 63.0 Å². The third-order valence-electron chi connectivity index (χ3n) is 9.23. The van der Waals surface area contributed by atoms with Crippen LogP contribution < -0.4 is 21.3 Å². The summed E-state index contributed by atoms with van der Waals surface area (Å²) >= 11 is 0. The first-order chi connectivity index (χ1) is 28.0. The number of nitrogens with zero attached hydrogens (tertiary/aromatic N) is 6. The van der Waals surface area contributed by atoms with Crippen molar-refractivity contribution in [2.75, 3.05) is 50.2 Å². The number of fused-ring (bicyclic) bond motifs is 1. The Balaban J connectivity index is 0.778. The van der Waals surface area contributed by atoms with E-state index in [0.717, 1.165) is 16.7 Å². The number of ether oxygens (including phenoxy) is 2. The van der Waals surface area contributed by atoms with Gasteiger partial charge in [-0.25, -0.2) is 18.4 Å². The number of amides is 5. The van der Waals surface area contributed by atoms with Crippen LogP contribution in [0, 0.1) is 0 Å². The predicted molar refractivity (Wildman–Crippen MR) is 200 cm³/mol. The molecule has 0 spiro atoms. The number of halogens is 2. The predicted octanol–water partition coefficient (Wildman–Crippen LogP) is 3.09. The van der Waals surface area contributed by atoms with Gasteiger partial charge in [-0.3, -0.25) is 38.9 Å². The molecule has 302 valence electrons. The highest BCUT2D eigenvalue weighted by molar-refractivity contribution is 6.23. The van der Waals surface area contributed by atoms with E-state index in [9.17, 15) is 32.8 Å². The van der Waals surface area contributed by atoms with Gasteiger partial charge in [0, 0.05) is 45.0 Å². The van der Waals surface area contributed by atoms with Crippen LogP contribution in [0.2, 0.25) is 0 Å². The molecule has 1 atom stereocenters. The Bertz CT molecular complexity index is 2320. The number of rotatable bonds is 18. The number of nitrogens with one attached hydrogen (secondary N) is 4. The normalized spacial score (nSPS) is 15.3. The quantitative estimate of drug-likeness (QED) is 0.0741. The molecule has 1 fully saturated rings. The maximum Gasteiger partial charge on any atom is 0.284 e. The molecule has 0 aliphatic carbocycles. The van der Waals surface area contributed by atoms with Crippen molar-refractivity contribution in [2.45, 2.75) is 31.9 Å². The topological polar surface area (TPSA) is 217 Å². The van der Waals surface area contributed by atoms with E-state index in [2.05, 4.69) is 36.4 Å². The van der Waals surface area contributed by atoms with E-state index in [4.69, 9.17) is 13.9 Å². The second kappa shape index (κ2) is 17.7. The van der Waals surface area contributed by atoms with Crippen molar-refractivity contribution in [3.05, 3.63) is 95.4 Å². The molecule has 5 heterocycles. The van der Waals surface area contributed by atoms with Gasteiger partial charge in [-0.1, -0.05) is 12.1 Å². The van der Waals surface area contributed by atoms with Crippen LogP contribution in [0.1, 0.15) is 61.7 Å². The first-order valence-electron chi connectivity index (χ1n) is 18.2. The van der Waals surface area contributed by atoms with Gasteiger partial charge in [-0.15, -0.1) is 0 Å². The van der Waals surface area contributed by atoms with Crippen molar-refractivity contribution in [3.63, 3.8) is 0 Å². The summed E-state index contributed by atoms with van der Waals surface area (Å²) in [5.74, 6) is -2.78. The number of hydrogen-bond donors (Lipinski definition) is 4. The summed E-state index contributed by atoms with van der Waals surface area (Å²) in [6.45, 7) is 3.07. The summed E-state index contributed by atoms with van der Waals surface area (Å²) in [6, 6.07) is 10.9. The summed E-state index contributed by atoms with van der Waals surface area (Å²) in [4.78, 5) is 67.5. The zero-order chi connectivity index (χ0) is 40.8. The van der Waals surface area contributed by atoms with Gasteiger partial charge in [-0.2, -0.15) is 10.2 Å². The van der Waals surface area contributed by atoms with Crippen molar-refractivity contribution in [1.82, 2.24) is 40.1 Å². The Hall–Kier alpha value is -6.64. The van der Waals surface area contributed by atoms with Crippen LogP contribution in [0.5, 0.6) is 0 Å². The average molecular weight is 801 g/mol. The van der Waals surface area contributed by atoms with Crippen molar-refractivity contribution in [2.24, 2.45) is 7.05 Å². The molecule has 4 N–H and O–H groups in total. The Morgan fingerprint density at radius 3 is 2.47 bits per heavy atom. The first kappa shape index (κ1) is 39.6. The molecule has 2 aliphatic heterocycles. The molecule has 1 saturated heterocycles. The number of imide groups is 2. The van der Waals surface area contributed by atoms with Gasteiger partial charge < -0.3 is 29.8 Å². The summed E-state index contributed by atoms with van der Waals surface area (Å²) in [5.41, 5.74) is 2.19. The molecule has 5 amide bonds. The molecule has 1 unspecified atom stereocenters. The summed E-state index contributed by atoms with van der Waals surface area (Å²) in [7, 11) is 1.72. The van der Waals surface area contributed by atoms with Gasteiger partial charge in [0.1, 0.15) is 12.3 Å². The third-order valence-corrected chi connectivity index (χ3v) is 9.23. The minimum atomic E-state index is -2.94.